The van der Waals surface area contributed by atoms with Crippen molar-refractivity contribution in [2.24, 2.45) is 5.92 Å². The maximum absolute atomic E-state index is 11.9. The fourth-order valence-electron chi connectivity index (χ4n) is 1.62. The Bertz CT molecular complexity index is 651. The van der Waals surface area contributed by atoms with Gasteiger partial charge in [0.05, 0.1) is 18.7 Å². The molecule has 114 valence electrons. The lowest BCUT2D eigenvalue weighted by Crippen LogP contribution is -2.40. The molecule has 3 N–H and O–H groups in total. The highest BCUT2D eigenvalue weighted by Crippen LogP contribution is 2.23. The minimum absolute atomic E-state index is 0.0910. The van der Waals surface area contributed by atoms with E-state index < -0.39 is 23.9 Å². The molecule has 0 bridgehead atoms. The Morgan fingerprint density at radius 1 is 1.50 bits per heavy atom. The summed E-state index contributed by atoms with van der Waals surface area (Å²) in [6.45, 7) is 3.48. The molecule has 0 aliphatic heterocycles. The molecule has 0 aromatic heterocycles. The normalized spacial score (nSPS) is 20.4. The zero-order valence-corrected chi connectivity index (χ0v) is 11.9. The van der Waals surface area contributed by atoms with Crippen molar-refractivity contribution in [3.63, 3.8) is 0 Å². The number of hydrogen-bond acceptors (Lipinski definition) is 5. The lowest BCUT2D eigenvalue weighted by atomic mass is 9.85. The van der Waals surface area contributed by atoms with Gasteiger partial charge in [-0.1, -0.05) is 30.3 Å². The van der Waals surface area contributed by atoms with Crippen molar-refractivity contribution in [2.75, 3.05) is 13.7 Å². The largest absolute Gasteiger partial charge is 0.453 e. The SMILES string of the molecule is C=C1C=C(NC(=O)OC)C(=O)C(O)C1C#C/C=C\C#CCO. The van der Waals surface area contributed by atoms with Gasteiger partial charge in [0.2, 0.25) is 5.78 Å². The van der Waals surface area contributed by atoms with Crippen molar-refractivity contribution in [3.8, 4) is 23.7 Å². The van der Waals surface area contributed by atoms with E-state index in [0.29, 0.717) is 5.57 Å². The summed E-state index contributed by atoms with van der Waals surface area (Å²) in [4.78, 5) is 23.1. The molecule has 0 saturated carbocycles. The van der Waals surface area contributed by atoms with E-state index in [9.17, 15) is 14.7 Å². The van der Waals surface area contributed by atoms with Gasteiger partial charge in [-0.25, -0.2) is 4.79 Å². The number of amides is 1. The first-order valence-electron chi connectivity index (χ1n) is 6.24. The maximum atomic E-state index is 11.9. The molecular formula is C16H15NO5. The Morgan fingerprint density at radius 3 is 2.82 bits per heavy atom. The highest BCUT2D eigenvalue weighted by Gasteiger charge is 2.34. The summed E-state index contributed by atoms with van der Waals surface area (Å²) >= 11 is 0. The molecule has 1 rings (SSSR count). The van der Waals surface area contributed by atoms with Gasteiger partial charge in [0, 0.05) is 0 Å². The number of ketones is 1. The predicted octanol–water partition coefficient (Wildman–Crippen LogP) is -0.102. The Balaban J connectivity index is 2.87. The van der Waals surface area contributed by atoms with E-state index in [1.807, 2.05) is 0 Å². The van der Waals surface area contributed by atoms with E-state index >= 15 is 0 Å². The average molecular weight is 301 g/mol. The lowest BCUT2D eigenvalue weighted by molar-refractivity contribution is -0.125. The van der Waals surface area contributed by atoms with E-state index in [4.69, 9.17) is 5.11 Å². The molecule has 2 atom stereocenters. The fourth-order valence-corrected chi connectivity index (χ4v) is 1.62. The van der Waals surface area contributed by atoms with Gasteiger partial charge < -0.3 is 14.9 Å². The number of allylic oxidation sites excluding steroid dienone is 3. The van der Waals surface area contributed by atoms with Gasteiger partial charge in [-0.15, -0.1) is 0 Å². The van der Waals surface area contributed by atoms with Gasteiger partial charge in [-0.05, 0) is 23.8 Å². The molecule has 1 aliphatic carbocycles. The second-order valence-electron chi connectivity index (χ2n) is 4.14. The molecule has 2 unspecified atom stereocenters. The van der Waals surface area contributed by atoms with Crippen LogP contribution in [0.25, 0.3) is 0 Å². The van der Waals surface area contributed by atoms with Gasteiger partial charge in [0.15, 0.2) is 0 Å². The number of rotatable bonds is 1. The van der Waals surface area contributed by atoms with E-state index in [1.54, 1.807) is 0 Å². The molecule has 0 radical (unpaired) electrons. The fraction of sp³-hybridized carbons (Fsp3) is 0.250. The summed E-state index contributed by atoms with van der Waals surface area (Å²) in [5.41, 5.74) is 0.299. The first kappa shape index (κ1) is 17.3. The monoisotopic (exact) mass is 301 g/mol. The van der Waals surface area contributed by atoms with Crippen LogP contribution in [0.15, 0.2) is 36.1 Å². The van der Waals surface area contributed by atoms with E-state index in [-0.39, 0.29) is 12.3 Å². The number of ether oxygens (including phenoxy) is 1. The van der Waals surface area contributed by atoms with Crippen LogP contribution < -0.4 is 5.32 Å². The maximum Gasteiger partial charge on any atom is 0.411 e. The minimum atomic E-state index is -1.42. The number of nitrogens with one attached hydrogen (secondary N) is 1. The Labute approximate surface area is 128 Å². The van der Waals surface area contributed by atoms with Crippen molar-refractivity contribution in [2.45, 2.75) is 6.10 Å². The summed E-state index contributed by atoms with van der Waals surface area (Å²) in [6, 6.07) is 0. The molecule has 0 fully saturated rings. The molecule has 1 amide bonds. The van der Waals surface area contributed by atoms with Crippen LogP contribution in [0.5, 0.6) is 0 Å². The minimum Gasteiger partial charge on any atom is -0.453 e. The highest BCUT2D eigenvalue weighted by atomic mass is 16.5. The number of methoxy groups -OCH3 is 1. The summed E-state index contributed by atoms with van der Waals surface area (Å²) in [5, 5.41) is 20.6. The Kier molecular flexibility index (Phi) is 6.65. The number of Topliss-reactive ketones (excluding diaryl/α,β-unsaturated/α-hetero) is 1. The summed E-state index contributed by atoms with van der Waals surface area (Å²) in [5.74, 6) is 8.83. The highest BCUT2D eigenvalue weighted by molar-refractivity contribution is 6.03. The van der Waals surface area contributed by atoms with Crippen molar-refractivity contribution in [1.82, 2.24) is 5.32 Å². The molecular weight excluding hydrogens is 286 g/mol. The second-order valence-corrected chi connectivity index (χ2v) is 4.14. The molecule has 0 aromatic carbocycles. The topological polar surface area (TPSA) is 95.9 Å². The van der Waals surface area contributed by atoms with Crippen LogP contribution in [0.2, 0.25) is 0 Å². The number of alkyl carbamates (subject to hydrolysis) is 1. The molecule has 0 heterocycles. The number of aliphatic hydroxyl groups is 2. The Morgan fingerprint density at radius 2 is 2.18 bits per heavy atom. The molecule has 6 heteroatoms. The van der Waals surface area contributed by atoms with Crippen molar-refractivity contribution in [1.29, 1.82) is 0 Å². The van der Waals surface area contributed by atoms with Crippen LogP contribution in [-0.4, -0.2) is 41.9 Å². The molecule has 1 aliphatic rings. The number of carbonyl (C=O) groups excluding carboxylic acids is 2. The first-order valence-corrected chi connectivity index (χ1v) is 6.24. The third kappa shape index (κ3) is 4.64. The number of hydrogen-bond donors (Lipinski definition) is 3. The second kappa shape index (κ2) is 8.48. The standard InChI is InChI=1S/C16H15NO5/c1-11-10-13(17-16(21)22-2)15(20)14(19)12(11)8-6-4-3-5-7-9-18/h3-4,10,12,14,18-19H,1,9H2,2H3,(H,17,21)/b4-3-. The van der Waals surface area contributed by atoms with Gasteiger partial charge >= 0.3 is 6.09 Å². The van der Waals surface area contributed by atoms with E-state index in [2.05, 4.69) is 40.3 Å². The van der Waals surface area contributed by atoms with E-state index in [1.165, 1.54) is 18.2 Å². The van der Waals surface area contributed by atoms with Crippen molar-refractivity contribution < 1.29 is 24.5 Å². The molecule has 22 heavy (non-hydrogen) atoms. The molecule has 0 spiro atoms. The Hall–Kier alpha value is -2.80. The molecule has 0 aromatic rings. The van der Waals surface area contributed by atoms with Crippen LogP contribution in [0, 0.1) is 29.6 Å². The number of aliphatic hydroxyl groups excluding tert-OH is 2. The third-order valence-corrected chi connectivity index (χ3v) is 2.67. The van der Waals surface area contributed by atoms with Crippen LogP contribution in [0.1, 0.15) is 0 Å². The van der Waals surface area contributed by atoms with Crippen LogP contribution in [0.3, 0.4) is 0 Å². The first-order chi connectivity index (χ1) is 10.5. The summed E-state index contributed by atoms with van der Waals surface area (Å²) in [7, 11) is 1.16. The predicted molar refractivity (Wildman–Crippen MR) is 79.0 cm³/mol. The van der Waals surface area contributed by atoms with Gasteiger partial charge in [0.25, 0.3) is 0 Å². The van der Waals surface area contributed by atoms with Crippen LogP contribution in [0.4, 0.5) is 4.79 Å². The van der Waals surface area contributed by atoms with Crippen LogP contribution >= 0.6 is 0 Å². The van der Waals surface area contributed by atoms with Crippen molar-refractivity contribution in [3.05, 3.63) is 36.1 Å². The van der Waals surface area contributed by atoms with Gasteiger partial charge in [-0.2, -0.15) is 0 Å². The molecule has 0 saturated heterocycles. The zero-order chi connectivity index (χ0) is 16.5. The summed E-state index contributed by atoms with van der Waals surface area (Å²) < 4.78 is 4.39. The zero-order valence-electron chi connectivity index (χ0n) is 11.9. The lowest BCUT2D eigenvalue weighted by Gasteiger charge is -2.24. The average Bonchev–Trinajstić information content (AvgIpc) is 2.50. The van der Waals surface area contributed by atoms with Crippen LogP contribution in [-0.2, 0) is 9.53 Å². The van der Waals surface area contributed by atoms with Gasteiger partial charge in [0.1, 0.15) is 12.7 Å². The third-order valence-electron chi connectivity index (χ3n) is 2.67. The van der Waals surface area contributed by atoms with Crippen molar-refractivity contribution >= 4 is 11.9 Å². The van der Waals surface area contributed by atoms with E-state index in [0.717, 1.165) is 7.11 Å². The molecule has 6 nitrogen and oxygen atoms in total. The number of carbonyl (C=O) groups is 2. The quantitative estimate of drug-likeness (QED) is 0.588. The van der Waals surface area contributed by atoms with Gasteiger partial charge in [-0.3, -0.25) is 10.1 Å². The summed E-state index contributed by atoms with van der Waals surface area (Å²) in [6.07, 6.45) is 1.98. The smallest absolute Gasteiger partial charge is 0.411 e.